The zero-order chi connectivity index (χ0) is 43.5. The number of phenols is 2. The predicted molar refractivity (Wildman–Crippen MR) is 242 cm³/mol. The van der Waals surface area contributed by atoms with Crippen molar-refractivity contribution in [1.82, 2.24) is 5.32 Å². The van der Waals surface area contributed by atoms with E-state index in [0.29, 0.717) is 54.2 Å². The Labute approximate surface area is 371 Å². The summed E-state index contributed by atoms with van der Waals surface area (Å²) < 4.78 is 23.4. The van der Waals surface area contributed by atoms with Crippen LogP contribution in [0.1, 0.15) is 119 Å². The molecule has 0 radical (unpaired) electrons. The maximum Gasteiger partial charge on any atom is 0.200 e. The Hall–Kier alpha value is -2.54. The zero-order valence-corrected chi connectivity index (χ0v) is 38.3. The lowest BCUT2D eigenvalue weighted by Gasteiger charge is -2.42. The lowest BCUT2D eigenvalue weighted by atomic mass is 9.69. The van der Waals surface area contributed by atoms with Gasteiger partial charge >= 0.3 is 0 Å². The molecule has 2 aromatic rings. The maximum absolute atomic E-state index is 11.8. The van der Waals surface area contributed by atoms with Gasteiger partial charge in [-0.2, -0.15) is 0 Å². The van der Waals surface area contributed by atoms with Gasteiger partial charge < -0.3 is 54.9 Å². The highest BCUT2D eigenvalue weighted by molar-refractivity contribution is 8.76. The highest BCUT2D eigenvalue weighted by atomic mass is 33.1. The molecule has 0 bridgehead atoms. The number of rotatable bonds is 12. The van der Waals surface area contributed by atoms with Gasteiger partial charge in [0.25, 0.3) is 0 Å². The Morgan fingerprint density at radius 1 is 0.902 bits per heavy atom. The van der Waals surface area contributed by atoms with Gasteiger partial charge in [-0.25, -0.2) is 0 Å². The van der Waals surface area contributed by atoms with Crippen molar-refractivity contribution in [1.29, 1.82) is 0 Å². The van der Waals surface area contributed by atoms with Gasteiger partial charge in [-0.3, -0.25) is 0 Å². The molecule has 0 aromatic heterocycles. The molecule has 4 aliphatic rings. The molecule has 2 aromatic carbocycles. The molecule has 2 aliphatic heterocycles. The molecule has 340 valence electrons. The number of aliphatic hydroxyl groups excluding tert-OH is 4. The van der Waals surface area contributed by atoms with Gasteiger partial charge in [-0.15, -0.1) is 5.92 Å². The minimum Gasteiger partial charge on any atom is -0.504 e. The minimum absolute atomic E-state index is 0.0612. The van der Waals surface area contributed by atoms with E-state index < -0.39 is 31.0 Å². The molecule has 9 atom stereocenters. The SMILES string of the molecule is COc1cc(C[C@H]2[C@H](O)C[C@@H](OCO)CCc3cc(O[C@H]4CC[C@@H]5CNC6(CC#C[C@@H](CC(C)C)[C@@H]5C4)CCCCC6)c(O)cc3[C@H](CCO)SSC[C@@H]2O)cc(OC)c1O. The summed E-state index contributed by atoms with van der Waals surface area (Å²) in [5.41, 5.74) is 2.67. The lowest BCUT2D eigenvalue weighted by Crippen LogP contribution is -2.50. The van der Waals surface area contributed by atoms with Gasteiger partial charge in [-0.05, 0) is 136 Å². The van der Waals surface area contributed by atoms with E-state index in [0.717, 1.165) is 49.8 Å². The maximum atomic E-state index is 11.8. The molecule has 7 N–H and O–H groups in total. The molecule has 13 heteroatoms. The van der Waals surface area contributed by atoms with Gasteiger partial charge in [0.1, 0.15) is 6.79 Å². The van der Waals surface area contributed by atoms with E-state index in [-0.39, 0.29) is 65.1 Å². The van der Waals surface area contributed by atoms with Crippen molar-refractivity contribution in [2.75, 3.05) is 39.9 Å². The second-order valence-corrected chi connectivity index (χ2v) is 21.0. The number of aliphatic hydroxyl groups is 4. The van der Waals surface area contributed by atoms with Crippen LogP contribution in [-0.2, 0) is 17.6 Å². The van der Waals surface area contributed by atoms with Crippen molar-refractivity contribution >= 4 is 21.6 Å². The molecule has 0 saturated heterocycles. The molecule has 2 saturated carbocycles. The standard InChI is InChI=1S/C48H71NO10S2/c1-30(2)19-32-9-8-17-48(15-6-5-7-16-48)49-27-34-11-13-36(24-37(32)34)59-43-23-33-10-12-35(58-29-51)25-40(52)39(20-31-21-44(56-3)47(55)45(22-31)57-4)42(54)28-60-61-46(14-18-50)38(33)26-41(43)53/h21-23,26,30,32,34-37,39-40,42,46,49-55H,5-7,10-20,24-25,27-29H2,1-4H3/t32-,34+,35-,36-,37-,39-,40+,42-,46-/m0/s1. The third-order valence-electron chi connectivity index (χ3n) is 13.7. The Bertz CT molecular complexity index is 1740. The fourth-order valence-corrected chi connectivity index (χ4v) is 13.3. The number of nitrogens with one attached hydrogen (secondary N) is 1. The fraction of sp³-hybridized carbons (Fsp3) is 0.708. The summed E-state index contributed by atoms with van der Waals surface area (Å²) in [7, 11) is 5.89. The Morgan fingerprint density at radius 2 is 1.66 bits per heavy atom. The minimum atomic E-state index is -1.00. The number of hydrogen-bond acceptors (Lipinski definition) is 13. The van der Waals surface area contributed by atoms with Crippen LogP contribution in [-0.4, -0.2) is 101 Å². The molecular formula is C48H71NO10S2. The van der Waals surface area contributed by atoms with E-state index in [1.54, 1.807) is 18.2 Å². The smallest absolute Gasteiger partial charge is 0.200 e. The van der Waals surface area contributed by atoms with E-state index in [4.69, 9.17) is 18.9 Å². The van der Waals surface area contributed by atoms with E-state index in [1.807, 2.05) is 6.07 Å². The van der Waals surface area contributed by atoms with Gasteiger partial charge in [-0.1, -0.05) is 60.6 Å². The van der Waals surface area contributed by atoms with E-state index in [9.17, 15) is 30.6 Å². The van der Waals surface area contributed by atoms with Gasteiger partial charge in [0, 0.05) is 41.4 Å². The number of aromatic hydroxyl groups is 2. The molecule has 6 rings (SSSR count). The first kappa shape index (κ1) is 47.9. The lowest BCUT2D eigenvalue weighted by molar-refractivity contribution is -0.0808. The second-order valence-electron chi connectivity index (χ2n) is 18.4. The predicted octanol–water partition coefficient (Wildman–Crippen LogP) is 7.70. The molecule has 61 heavy (non-hydrogen) atoms. The summed E-state index contributed by atoms with van der Waals surface area (Å²) in [4.78, 5) is 0. The molecule has 2 aliphatic carbocycles. The van der Waals surface area contributed by atoms with Crippen LogP contribution < -0.4 is 19.5 Å². The molecule has 0 amide bonds. The van der Waals surface area contributed by atoms with Crippen molar-refractivity contribution in [3.63, 3.8) is 0 Å². The Kier molecular flexibility index (Phi) is 18.0. The van der Waals surface area contributed by atoms with E-state index >= 15 is 0 Å². The number of methoxy groups -OCH3 is 2. The average Bonchev–Trinajstić information content (AvgIpc) is 3.31. The summed E-state index contributed by atoms with van der Waals surface area (Å²) in [5.74, 6) is 9.68. The van der Waals surface area contributed by atoms with Crippen LogP contribution >= 0.6 is 21.6 Å². The molecule has 2 heterocycles. The third kappa shape index (κ3) is 12.6. The molecule has 11 nitrogen and oxygen atoms in total. The summed E-state index contributed by atoms with van der Waals surface area (Å²) in [6, 6.07) is 7.08. The molecule has 1 spiro atoms. The van der Waals surface area contributed by atoms with Crippen LogP contribution in [0.2, 0.25) is 0 Å². The van der Waals surface area contributed by atoms with Crippen LogP contribution in [0.5, 0.6) is 28.7 Å². The first-order valence-corrected chi connectivity index (χ1v) is 25.0. The van der Waals surface area contributed by atoms with Gasteiger partial charge in [0.05, 0.1) is 38.6 Å². The topological polar surface area (TPSA) is 170 Å². The van der Waals surface area contributed by atoms with Gasteiger partial charge in [0.2, 0.25) is 5.75 Å². The van der Waals surface area contributed by atoms with Crippen molar-refractivity contribution in [2.45, 2.75) is 145 Å². The largest absolute Gasteiger partial charge is 0.504 e. The summed E-state index contributed by atoms with van der Waals surface area (Å²) in [6.07, 6.45) is 10.3. The Balaban J connectivity index is 1.23. The second kappa shape index (κ2) is 22.9. The van der Waals surface area contributed by atoms with Crippen LogP contribution in [0.3, 0.4) is 0 Å². The summed E-state index contributed by atoms with van der Waals surface area (Å²) in [6.45, 7) is 4.98. The summed E-state index contributed by atoms with van der Waals surface area (Å²) in [5, 5.41) is 69.6. The van der Waals surface area contributed by atoms with Crippen molar-refractivity contribution in [2.24, 2.45) is 29.6 Å². The zero-order valence-electron chi connectivity index (χ0n) is 36.7. The first-order chi connectivity index (χ1) is 29.5. The fourth-order valence-electron chi connectivity index (χ4n) is 10.4. The van der Waals surface area contributed by atoms with Crippen LogP contribution in [0, 0.1) is 41.4 Å². The van der Waals surface area contributed by atoms with E-state index in [1.165, 1.54) is 67.9 Å². The van der Waals surface area contributed by atoms with Crippen molar-refractivity contribution in [3.8, 4) is 40.6 Å². The van der Waals surface area contributed by atoms with Gasteiger partial charge in [0.15, 0.2) is 23.0 Å². The molecule has 0 unspecified atom stereocenters. The quantitative estimate of drug-likeness (QED) is 0.0630. The summed E-state index contributed by atoms with van der Waals surface area (Å²) >= 11 is 0. The normalized spacial score (nSPS) is 29.8. The Morgan fingerprint density at radius 3 is 2.34 bits per heavy atom. The number of ether oxygens (including phenoxy) is 4. The monoisotopic (exact) mass is 885 g/mol. The third-order valence-corrected chi connectivity index (χ3v) is 16.6. The van der Waals surface area contributed by atoms with Crippen LogP contribution in [0.4, 0.5) is 0 Å². The van der Waals surface area contributed by atoms with Crippen LogP contribution in [0.15, 0.2) is 24.3 Å². The highest BCUT2D eigenvalue weighted by Gasteiger charge is 2.40. The number of fused-ring (bicyclic) bond motifs is 2. The van der Waals surface area contributed by atoms with Crippen molar-refractivity contribution in [3.05, 3.63) is 41.0 Å². The number of aryl methyl sites for hydroxylation is 1. The number of phenolic OH excluding ortho intramolecular Hbond substituents is 2. The highest BCUT2D eigenvalue weighted by Crippen LogP contribution is 2.48. The average molecular weight is 886 g/mol. The van der Waals surface area contributed by atoms with Crippen LogP contribution in [0.25, 0.3) is 0 Å². The van der Waals surface area contributed by atoms with Crippen molar-refractivity contribution < 1.29 is 49.6 Å². The molecule has 2 fully saturated rings. The first-order valence-electron chi connectivity index (χ1n) is 22.6. The molecular weight excluding hydrogens is 815 g/mol. The number of benzene rings is 2. The van der Waals surface area contributed by atoms with E-state index in [2.05, 4.69) is 31.0 Å². The number of hydrogen-bond donors (Lipinski definition) is 7.